The summed E-state index contributed by atoms with van der Waals surface area (Å²) in [7, 11) is 2.05. The summed E-state index contributed by atoms with van der Waals surface area (Å²) in [5, 5.41) is 10.6. The summed E-state index contributed by atoms with van der Waals surface area (Å²) in [5.41, 5.74) is 0.103. The van der Waals surface area contributed by atoms with Gasteiger partial charge in [-0.3, -0.25) is 15.0 Å². The van der Waals surface area contributed by atoms with E-state index in [0.29, 0.717) is 6.04 Å². The normalized spacial score (nSPS) is 16.8. The molecule has 1 fully saturated rings. The van der Waals surface area contributed by atoms with Gasteiger partial charge in [-0.25, -0.2) is 4.98 Å². The Morgan fingerprint density at radius 2 is 2.06 bits per heavy atom. The van der Waals surface area contributed by atoms with Gasteiger partial charge in [0, 0.05) is 12.1 Å². The Balaban J connectivity index is 2.07. The minimum atomic E-state index is -0.388. The van der Waals surface area contributed by atoms with E-state index < -0.39 is 0 Å². The number of anilines is 1. The third kappa shape index (κ3) is 2.72. The van der Waals surface area contributed by atoms with Gasteiger partial charge in [0.15, 0.2) is 6.20 Å². The van der Waals surface area contributed by atoms with Crippen LogP contribution in [0.5, 0.6) is 0 Å². The van der Waals surface area contributed by atoms with Crippen LogP contribution in [0.25, 0.3) is 0 Å². The topological polar surface area (TPSA) is 60.5 Å². The van der Waals surface area contributed by atoms with E-state index in [2.05, 4.69) is 9.88 Å². The van der Waals surface area contributed by atoms with Crippen molar-refractivity contribution in [2.75, 3.05) is 11.9 Å². The summed E-state index contributed by atoms with van der Waals surface area (Å²) in [5.74, 6) is 0.947. The lowest BCUT2D eigenvalue weighted by Gasteiger charge is -2.26. The Kier molecular flexibility index (Phi) is 3.56. The molecule has 0 spiro atoms. The Labute approximate surface area is 101 Å². The molecule has 5 heteroatoms. The number of aromatic amines is 1. The molecule has 0 aliphatic heterocycles. The van der Waals surface area contributed by atoms with Gasteiger partial charge in [0.1, 0.15) is 0 Å². The molecule has 1 N–H and O–H groups in total. The maximum absolute atomic E-state index is 10.6. The quantitative estimate of drug-likeness (QED) is 0.597. The fraction of sp³-hybridized carbons (Fsp3) is 0.583. The van der Waals surface area contributed by atoms with Crippen molar-refractivity contribution in [2.24, 2.45) is 0 Å². The fourth-order valence-electron chi connectivity index (χ4n) is 2.41. The molecule has 1 aromatic rings. The molecule has 92 valence electrons. The largest absolute Gasteiger partial charge is 0.308 e. The van der Waals surface area contributed by atoms with Crippen LogP contribution in [0, 0.1) is 10.1 Å². The first-order valence-corrected chi connectivity index (χ1v) is 6.07. The van der Waals surface area contributed by atoms with E-state index in [9.17, 15) is 10.1 Å². The van der Waals surface area contributed by atoms with Crippen molar-refractivity contribution in [2.45, 2.75) is 38.1 Å². The zero-order chi connectivity index (χ0) is 12.3. The minimum absolute atomic E-state index is 0.103. The van der Waals surface area contributed by atoms with Gasteiger partial charge in [-0.05, 0) is 25.7 Å². The van der Waals surface area contributed by atoms with Gasteiger partial charge in [-0.15, -0.1) is 0 Å². The van der Waals surface area contributed by atoms with Gasteiger partial charge in [-0.1, -0.05) is 6.42 Å². The van der Waals surface area contributed by atoms with Gasteiger partial charge in [0.05, 0.1) is 18.0 Å². The molecule has 0 atom stereocenters. The highest BCUT2D eigenvalue weighted by atomic mass is 16.6. The Morgan fingerprint density at radius 3 is 2.59 bits per heavy atom. The first-order chi connectivity index (χ1) is 8.18. The summed E-state index contributed by atoms with van der Waals surface area (Å²) in [6, 6.07) is 3.89. The SMILES string of the molecule is CN(c1ccc([N+](=O)[O-])c[nH+]1)C1CCCCC1. The van der Waals surface area contributed by atoms with Crippen LogP contribution in [-0.2, 0) is 0 Å². The van der Waals surface area contributed by atoms with Crippen LogP contribution in [0.4, 0.5) is 11.5 Å². The molecule has 0 aromatic carbocycles. The maximum atomic E-state index is 10.6. The number of pyridine rings is 1. The van der Waals surface area contributed by atoms with E-state index in [1.165, 1.54) is 38.3 Å². The molecule has 1 saturated carbocycles. The van der Waals surface area contributed by atoms with Gasteiger partial charge in [-0.2, -0.15) is 0 Å². The lowest BCUT2D eigenvalue weighted by Crippen LogP contribution is -2.36. The smallest absolute Gasteiger partial charge is 0.262 e. The lowest BCUT2D eigenvalue weighted by molar-refractivity contribution is -0.414. The molecule has 17 heavy (non-hydrogen) atoms. The van der Waals surface area contributed by atoms with Crippen molar-refractivity contribution >= 4 is 11.5 Å². The van der Waals surface area contributed by atoms with Crippen LogP contribution in [0.15, 0.2) is 18.3 Å². The molecular formula is C12H18N3O2+. The third-order valence-electron chi connectivity index (χ3n) is 3.49. The number of H-pyrrole nitrogens is 1. The first kappa shape index (κ1) is 11.8. The van der Waals surface area contributed by atoms with E-state index in [0.717, 1.165) is 5.82 Å². The van der Waals surface area contributed by atoms with E-state index in [-0.39, 0.29) is 10.6 Å². The predicted octanol–water partition coefficient (Wildman–Crippen LogP) is 2.18. The van der Waals surface area contributed by atoms with E-state index in [4.69, 9.17) is 0 Å². The van der Waals surface area contributed by atoms with Crippen LogP contribution in [0.2, 0.25) is 0 Å². The van der Waals surface area contributed by atoms with Gasteiger partial charge in [0.25, 0.3) is 5.82 Å². The average molecular weight is 236 g/mol. The summed E-state index contributed by atoms with van der Waals surface area (Å²) in [4.78, 5) is 15.4. The summed E-state index contributed by atoms with van der Waals surface area (Å²) in [6.07, 6.45) is 7.76. The molecule has 2 rings (SSSR count). The van der Waals surface area contributed by atoms with Crippen molar-refractivity contribution in [3.8, 4) is 0 Å². The number of nitro groups is 1. The van der Waals surface area contributed by atoms with Gasteiger partial charge < -0.3 is 0 Å². The van der Waals surface area contributed by atoms with Crippen LogP contribution in [-0.4, -0.2) is 18.0 Å². The number of hydrogen-bond acceptors (Lipinski definition) is 3. The molecule has 5 nitrogen and oxygen atoms in total. The van der Waals surface area contributed by atoms with E-state index in [1.807, 2.05) is 7.05 Å². The van der Waals surface area contributed by atoms with Crippen molar-refractivity contribution < 1.29 is 9.91 Å². The molecule has 0 unspecified atom stereocenters. The molecule has 1 heterocycles. The first-order valence-electron chi connectivity index (χ1n) is 6.07. The zero-order valence-electron chi connectivity index (χ0n) is 10.1. The average Bonchev–Trinajstić information content (AvgIpc) is 2.39. The predicted molar refractivity (Wildman–Crippen MR) is 64.9 cm³/mol. The summed E-state index contributed by atoms with van der Waals surface area (Å²) < 4.78 is 0. The molecule has 1 aliphatic rings. The van der Waals surface area contributed by atoms with E-state index in [1.54, 1.807) is 12.1 Å². The number of aromatic nitrogens is 1. The second kappa shape index (κ2) is 5.12. The third-order valence-corrected chi connectivity index (χ3v) is 3.49. The second-order valence-electron chi connectivity index (χ2n) is 4.59. The minimum Gasteiger partial charge on any atom is -0.262 e. The summed E-state index contributed by atoms with van der Waals surface area (Å²) >= 11 is 0. The van der Waals surface area contributed by atoms with Gasteiger partial charge in [0.2, 0.25) is 0 Å². The highest BCUT2D eigenvalue weighted by Crippen LogP contribution is 2.24. The molecule has 0 bridgehead atoms. The van der Waals surface area contributed by atoms with Crippen LogP contribution in [0.3, 0.4) is 0 Å². The van der Waals surface area contributed by atoms with Gasteiger partial charge >= 0.3 is 5.69 Å². The zero-order valence-corrected chi connectivity index (χ0v) is 10.1. The highest BCUT2D eigenvalue weighted by molar-refractivity contribution is 5.37. The number of nitrogens with one attached hydrogen (secondary N) is 1. The number of rotatable bonds is 3. The molecule has 0 radical (unpaired) electrons. The standard InChI is InChI=1S/C12H17N3O2/c1-14(10-5-3-2-4-6-10)12-8-7-11(9-13-12)15(16)17/h7-10H,2-6H2,1H3/p+1. The van der Waals surface area contributed by atoms with Crippen molar-refractivity contribution in [1.29, 1.82) is 0 Å². The number of nitrogens with zero attached hydrogens (tertiary/aromatic N) is 2. The van der Waals surface area contributed by atoms with Crippen molar-refractivity contribution in [3.05, 3.63) is 28.4 Å². The van der Waals surface area contributed by atoms with Crippen LogP contribution >= 0.6 is 0 Å². The molecule has 1 aromatic heterocycles. The van der Waals surface area contributed by atoms with Crippen LogP contribution in [0.1, 0.15) is 32.1 Å². The van der Waals surface area contributed by atoms with Crippen molar-refractivity contribution in [1.82, 2.24) is 0 Å². The summed E-state index contributed by atoms with van der Waals surface area (Å²) in [6.45, 7) is 0. The van der Waals surface area contributed by atoms with Crippen LogP contribution < -0.4 is 9.88 Å². The highest BCUT2D eigenvalue weighted by Gasteiger charge is 2.24. The molecule has 0 amide bonds. The maximum Gasteiger partial charge on any atom is 0.308 e. The fourth-order valence-corrected chi connectivity index (χ4v) is 2.41. The Hall–Kier alpha value is -1.65. The number of hydrogen-bond donors (Lipinski definition) is 0. The Morgan fingerprint density at radius 1 is 1.35 bits per heavy atom. The molecular weight excluding hydrogens is 218 g/mol. The Bertz CT molecular complexity index is 385. The lowest BCUT2D eigenvalue weighted by atomic mass is 9.94. The monoisotopic (exact) mass is 236 g/mol. The second-order valence-corrected chi connectivity index (χ2v) is 4.59. The van der Waals surface area contributed by atoms with Crippen molar-refractivity contribution in [3.63, 3.8) is 0 Å². The molecule has 0 saturated heterocycles. The molecule has 1 aliphatic carbocycles. The van der Waals surface area contributed by atoms with E-state index >= 15 is 0 Å².